The average molecular weight is 257 g/mol. The average Bonchev–Trinajstić information content (AvgIpc) is 2.01. The number of rotatable bonds is 3. The lowest BCUT2D eigenvalue weighted by atomic mass is 10.1. The minimum absolute atomic E-state index is 0.0515. The minimum atomic E-state index is -0.358. The zero-order chi connectivity index (χ0) is 10.7. The van der Waals surface area contributed by atoms with Gasteiger partial charge in [0.05, 0.1) is 0 Å². The third kappa shape index (κ3) is 2.77. The Morgan fingerprint density at radius 3 is 2.71 bits per heavy atom. The molecule has 0 atom stereocenters. The maximum Gasteiger partial charge on any atom is 0.168 e. The van der Waals surface area contributed by atoms with E-state index in [1.54, 1.807) is 6.92 Å². The van der Waals surface area contributed by atoms with Crippen LogP contribution in [0.4, 0.5) is 4.39 Å². The highest BCUT2D eigenvalue weighted by Crippen LogP contribution is 2.20. The number of allylic oxidation sites excluding steroid dienone is 1. The summed E-state index contributed by atoms with van der Waals surface area (Å²) in [7, 11) is 0. The molecule has 1 nitrogen and oxygen atoms in total. The van der Waals surface area contributed by atoms with Gasteiger partial charge in [0.15, 0.2) is 5.78 Å². The van der Waals surface area contributed by atoms with E-state index in [0.717, 1.165) is 5.57 Å². The van der Waals surface area contributed by atoms with Crippen LogP contribution in [0.3, 0.4) is 0 Å². The third-order valence-electron chi connectivity index (χ3n) is 1.69. The molecule has 0 heterocycles. The molecule has 0 amide bonds. The molecule has 1 aromatic carbocycles. The van der Waals surface area contributed by atoms with Crippen LogP contribution >= 0.6 is 15.9 Å². The van der Waals surface area contributed by atoms with Crippen molar-refractivity contribution in [1.29, 1.82) is 0 Å². The monoisotopic (exact) mass is 256 g/mol. The van der Waals surface area contributed by atoms with Crippen molar-refractivity contribution in [1.82, 2.24) is 0 Å². The molecule has 0 saturated heterocycles. The Morgan fingerprint density at radius 2 is 2.21 bits per heavy atom. The van der Waals surface area contributed by atoms with Gasteiger partial charge in [0.1, 0.15) is 5.82 Å². The van der Waals surface area contributed by atoms with Crippen LogP contribution in [0.25, 0.3) is 0 Å². The van der Waals surface area contributed by atoms with Gasteiger partial charge in [-0.15, -0.1) is 0 Å². The topological polar surface area (TPSA) is 17.1 Å². The molecule has 0 aromatic heterocycles. The molecule has 0 aliphatic rings. The summed E-state index contributed by atoms with van der Waals surface area (Å²) >= 11 is 3.15. The van der Waals surface area contributed by atoms with E-state index in [0.29, 0.717) is 16.5 Å². The highest BCUT2D eigenvalue weighted by molar-refractivity contribution is 9.10. The van der Waals surface area contributed by atoms with Crippen molar-refractivity contribution in [3.8, 4) is 0 Å². The van der Waals surface area contributed by atoms with Gasteiger partial charge in [-0.05, 0) is 41.1 Å². The first-order valence-electron chi connectivity index (χ1n) is 4.13. The van der Waals surface area contributed by atoms with E-state index < -0.39 is 0 Å². The standard InChI is InChI=1S/C11H10BrFO/c1-7(2)5-11(14)9-4-3-8(13)6-10(9)12/h3-4,6H,1,5H2,2H3. The van der Waals surface area contributed by atoms with Crippen molar-refractivity contribution in [3.05, 3.63) is 46.2 Å². The quantitative estimate of drug-likeness (QED) is 0.595. The molecule has 1 rings (SSSR count). The summed E-state index contributed by atoms with van der Waals surface area (Å²) in [4.78, 5) is 11.6. The number of halogens is 2. The van der Waals surface area contributed by atoms with Gasteiger partial charge in [-0.2, -0.15) is 0 Å². The minimum Gasteiger partial charge on any atom is -0.294 e. The smallest absolute Gasteiger partial charge is 0.168 e. The summed E-state index contributed by atoms with van der Waals surface area (Å²) in [6, 6.07) is 4.03. The molecule has 14 heavy (non-hydrogen) atoms. The van der Waals surface area contributed by atoms with E-state index >= 15 is 0 Å². The normalized spacial score (nSPS) is 9.93. The maximum absolute atomic E-state index is 12.7. The maximum atomic E-state index is 12.7. The Morgan fingerprint density at radius 1 is 1.57 bits per heavy atom. The van der Waals surface area contributed by atoms with Crippen molar-refractivity contribution in [2.24, 2.45) is 0 Å². The second-order valence-corrected chi connectivity index (χ2v) is 4.04. The van der Waals surface area contributed by atoms with E-state index in [9.17, 15) is 9.18 Å². The number of hydrogen-bond acceptors (Lipinski definition) is 1. The Labute approximate surface area is 90.8 Å². The molecular weight excluding hydrogens is 247 g/mol. The first-order chi connectivity index (χ1) is 6.50. The van der Waals surface area contributed by atoms with Gasteiger partial charge in [-0.3, -0.25) is 4.79 Å². The van der Waals surface area contributed by atoms with E-state index in [4.69, 9.17) is 0 Å². The Kier molecular flexibility index (Phi) is 3.58. The molecule has 0 unspecified atom stereocenters. The zero-order valence-electron chi connectivity index (χ0n) is 7.81. The number of carbonyl (C=O) groups excluding carboxylic acids is 1. The first-order valence-corrected chi connectivity index (χ1v) is 4.92. The van der Waals surface area contributed by atoms with Gasteiger partial charge < -0.3 is 0 Å². The predicted molar refractivity (Wildman–Crippen MR) is 57.9 cm³/mol. The first kappa shape index (κ1) is 11.1. The van der Waals surface area contributed by atoms with Crippen molar-refractivity contribution in [2.75, 3.05) is 0 Å². The van der Waals surface area contributed by atoms with Crippen LogP contribution < -0.4 is 0 Å². The van der Waals surface area contributed by atoms with Crippen LogP contribution in [-0.4, -0.2) is 5.78 Å². The molecule has 0 radical (unpaired) electrons. The van der Waals surface area contributed by atoms with E-state index in [-0.39, 0.29) is 11.6 Å². The molecule has 0 spiro atoms. The predicted octanol–water partition coefficient (Wildman–Crippen LogP) is 3.74. The molecule has 0 bridgehead atoms. The van der Waals surface area contributed by atoms with Gasteiger partial charge in [-0.1, -0.05) is 12.2 Å². The fourth-order valence-corrected chi connectivity index (χ4v) is 1.66. The van der Waals surface area contributed by atoms with Crippen molar-refractivity contribution < 1.29 is 9.18 Å². The van der Waals surface area contributed by atoms with E-state index in [1.807, 2.05) is 0 Å². The number of carbonyl (C=O) groups is 1. The lowest BCUT2D eigenvalue weighted by molar-refractivity contribution is 0.0992. The summed E-state index contributed by atoms with van der Waals surface area (Å²) in [5.41, 5.74) is 1.29. The zero-order valence-corrected chi connectivity index (χ0v) is 9.40. The molecule has 74 valence electrons. The number of hydrogen-bond donors (Lipinski definition) is 0. The fourth-order valence-electron chi connectivity index (χ4n) is 1.08. The van der Waals surface area contributed by atoms with E-state index in [2.05, 4.69) is 22.5 Å². The van der Waals surface area contributed by atoms with Crippen molar-refractivity contribution >= 4 is 21.7 Å². The van der Waals surface area contributed by atoms with Gasteiger partial charge in [0.2, 0.25) is 0 Å². The summed E-state index contributed by atoms with van der Waals surface area (Å²) in [5.74, 6) is -0.409. The summed E-state index contributed by atoms with van der Waals surface area (Å²) in [5, 5.41) is 0. The summed E-state index contributed by atoms with van der Waals surface area (Å²) in [6.07, 6.45) is 0.296. The highest BCUT2D eigenvalue weighted by Gasteiger charge is 2.10. The molecule has 1 aromatic rings. The van der Waals surface area contributed by atoms with Crippen LogP contribution in [0, 0.1) is 5.82 Å². The third-order valence-corrected chi connectivity index (χ3v) is 2.35. The SMILES string of the molecule is C=C(C)CC(=O)c1ccc(F)cc1Br. The number of Topliss-reactive ketones (excluding diaryl/α,β-unsaturated/α-hetero) is 1. The van der Waals surface area contributed by atoms with Gasteiger partial charge in [0, 0.05) is 16.5 Å². The van der Waals surface area contributed by atoms with Crippen LogP contribution in [0.2, 0.25) is 0 Å². The summed E-state index contributed by atoms with van der Waals surface area (Å²) in [6.45, 7) is 5.44. The largest absolute Gasteiger partial charge is 0.294 e. The Bertz CT molecular complexity index is 385. The number of ketones is 1. The lowest BCUT2D eigenvalue weighted by Crippen LogP contribution is -2.00. The van der Waals surface area contributed by atoms with Crippen molar-refractivity contribution in [3.63, 3.8) is 0 Å². The van der Waals surface area contributed by atoms with Gasteiger partial charge >= 0.3 is 0 Å². The van der Waals surface area contributed by atoms with Gasteiger partial charge in [-0.25, -0.2) is 4.39 Å². The molecular formula is C11H10BrFO. The lowest BCUT2D eigenvalue weighted by Gasteiger charge is -2.03. The number of benzene rings is 1. The van der Waals surface area contributed by atoms with Crippen LogP contribution in [-0.2, 0) is 0 Å². The molecule has 0 aliphatic heterocycles. The van der Waals surface area contributed by atoms with Crippen molar-refractivity contribution in [2.45, 2.75) is 13.3 Å². The van der Waals surface area contributed by atoms with Gasteiger partial charge in [0.25, 0.3) is 0 Å². The second kappa shape index (κ2) is 4.51. The Balaban J connectivity index is 2.96. The summed E-state index contributed by atoms with van der Waals surface area (Å²) < 4.78 is 13.2. The molecule has 0 aliphatic carbocycles. The van der Waals surface area contributed by atoms with Crippen LogP contribution in [0.15, 0.2) is 34.8 Å². The molecule has 0 N–H and O–H groups in total. The highest BCUT2D eigenvalue weighted by atomic mass is 79.9. The van der Waals surface area contributed by atoms with Crippen LogP contribution in [0.5, 0.6) is 0 Å². The molecule has 0 saturated carbocycles. The van der Waals surface area contributed by atoms with E-state index in [1.165, 1.54) is 18.2 Å². The molecule has 0 fully saturated rings. The fraction of sp³-hybridized carbons (Fsp3) is 0.182. The Hall–Kier alpha value is -0.960. The second-order valence-electron chi connectivity index (χ2n) is 3.18. The molecule has 3 heteroatoms. The van der Waals surface area contributed by atoms with Crippen LogP contribution in [0.1, 0.15) is 23.7 Å².